The summed E-state index contributed by atoms with van der Waals surface area (Å²) < 4.78 is 10.4. The van der Waals surface area contributed by atoms with Crippen LogP contribution in [0.2, 0.25) is 0 Å². The number of guanidine groups is 1. The first-order valence-corrected chi connectivity index (χ1v) is 6.69. The molecule has 0 fully saturated rings. The maximum atomic E-state index is 5.82. The number of methoxy groups -OCH3 is 1. The zero-order valence-electron chi connectivity index (χ0n) is 13.2. The van der Waals surface area contributed by atoms with Gasteiger partial charge in [0.15, 0.2) is 5.96 Å². The van der Waals surface area contributed by atoms with E-state index >= 15 is 0 Å². The predicted molar refractivity (Wildman–Crippen MR) is 97.4 cm³/mol. The second-order valence-corrected chi connectivity index (χ2v) is 5.56. The second kappa shape index (κ2) is 9.83. The van der Waals surface area contributed by atoms with E-state index in [1.165, 1.54) is 0 Å². The lowest BCUT2D eigenvalue weighted by Crippen LogP contribution is -2.44. The first kappa shape index (κ1) is 20.0. The molecule has 0 aliphatic rings. The molecule has 0 unspecified atom stereocenters. The molecule has 5 nitrogen and oxygen atoms in total. The van der Waals surface area contributed by atoms with E-state index in [1.807, 2.05) is 45.0 Å². The van der Waals surface area contributed by atoms with Crippen molar-refractivity contribution >= 4 is 29.9 Å². The molecule has 120 valence electrons. The Hall–Kier alpha value is -1.02. The number of aliphatic imine (C=N–C) groups is 1. The number of hydrogen-bond acceptors (Lipinski definition) is 3. The number of rotatable bonds is 6. The van der Waals surface area contributed by atoms with E-state index in [9.17, 15) is 0 Å². The predicted octanol–water partition coefficient (Wildman–Crippen LogP) is 2.53. The maximum absolute atomic E-state index is 5.82. The van der Waals surface area contributed by atoms with Gasteiger partial charge in [-0.1, -0.05) is 12.1 Å². The molecule has 0 amide bonds. The molecule has 3 N–H and O–H groups in total. The number of halogens is 1. The fraction of sp³-hybridized carbons (Fsp3) is 0.533. The average Bonchev–Trinajstić information content (AvgIpc) is 2.36. The second-order valence-electron chi connectivity index (χ2n) is 5.56. The van der Waals surface area contributed by atoms with E-state index in [0.717, 1.165) is 11.3 Å². The summed E-state index contributed by atoms with van der Waals surface area (Å²) in [4.78, 5) is 4.31. The standard InChI is InChI=1S/C15H25N3O2.HI/c1-15(2,3)18-14(16)17-11-12-5-7-13(8-6-12)20-10-9-19-4;/h5-8H,9-11H2,1-4H3,(H3,16,17,18);1H. The van der Waals surface area contributed by atoms with E-state index in [-0.39, 0.29) is 29.5 Å². The summed E-state index contributed by atoms with van der Waals surface area (Å²) in [6.07, 6.45) is 0. The van der Waals surface area contributed by atoms with Crippen LogP contribution in [0.25, 0.3) is 0 Å². The normalized spacial score (nSPS) is 11.7. The highest BCUT2D eigenvalue weighted by Gasteiger charge is 2.09. The van der Waals surface area contributed by atoms with Gasteiger partial charge in [-0.15, -0.1) is 24.0 Å². The Morgan fingerprint density at radius 3 is 2.33 bits per heavy atom. The molecule has 0 saturated heterocycles. The molecule has 0 bridgehead atoms. The zero-order valence-corrected chi connectivity index (χ0v) is 15.5. The van der Waals surface area contributed by atoms with Crippen LogP contribution in [0.5, 0.6) is 5.75 Å². The van der Waals surface area contributed by atoms with Crippen molar-refractivity contribution in [1.29, 1.82) is 0 Å². The minimum atomic E-state index is -0.0768. The number of nitrogens with zero attached hydrogens (tertiary/aromatic N) is 1. The highest BCUT2D eigenvalue weighted by atomic mass is 127. The zero-order chi connectivity index (χ0) is 15.0. The minimum absolute atomic E-state index is 0. The van der Waals surface area contributed by atoms with Gasteiger partial charge in [-0.2, -0.15) is 0 Å². The van der Waals surface area contributed by atoms with Crippen LogP contribution < -0.4 is 15.8 Å². The van der Waals surface area contributed by atoms with Crippen molar-refractivity contribution in [1.82, 2.24) is 5.32 Å². The van der Waals surface area contributed by atoms with Gasteiger partial charge in [0.1, 0.15) is 12.4 Å². The van der Waals surface area contributed by atoms with Gasteiger partial charge in [-0.25, -0.2) is 4.99 Å². The van der Waals surface area contributed by atoms with Gasteiger partial charge in [0, 0.05) is 12.6 Å². The first-order valence-electron chi connectivity index (χ1n) is 6.69. The number of nitrogens with two attached hydrogens (primary N) is 1. The molecule has 6 heteroatoms. The molecule has 0 aliphatic heterocycles. The van der Waals surface area contributed by atoms with Crippen molar-refractivity contribution < 1.29 is 9.47 Å². The van der Waals surface area contributed by atoms with Gasteiger partial charge in [-0.05, 0) is 38.5 Å². The molecular formula is C15H26IN3O2. The van der Waals surface area contributed by atoms with E-state index < -0.39 is 0 Å². The van der Waals surface area contributed by atoms with Crippen LogP contribution in [-0.2, 0) is 11.3 Å². The SMILES string of the molecule is COCCOc1ccc(CN=C(N)NC(C)(C)C)cc1.I. The van der Waals surface area contributed by atoms with Crippen molar-refractivity contribution in [2.45, 2.75) is 32.9 Å². The quantitative estimate of drug-likeness (QED) is 0.329. The third-order valence-corrected chi connectivity index (χ3v) is 2.41. The Morgan fingerprint density at radius 1 is 1.19 bits per heavy atom. The highest BCUT2D eigenvalue weighted by Crippen LogP contribution is 2.12. The Bertz CT molecular complexity index is 428. The van der Waals surface area contributed by atoms with Crippen molar-refractivity contribution in [3.8, 4) is 5.75 Å². The number of benzene rings is 1. The molecule has 0 spiro atoms. The Kier molecular flexibility index (Phi) is 9.36. The summed E-state index contributed by atoms with van der Waals surface area (Å²) in [6.45, 7) is 7.81. The lowest BCUT2D eigenvalue weighted by atomic mass is 10.1. The molecule has 21 heavy (non-hydrogen) atoms. The van der Waals surface area contributed by atoms with Crippen LogP contribution in [0, 0.1) is 0 Å². The topological polar surface area (TPSA) is 68.9 Å². The highest BCUT2D eigenvalue weighted by molar-refractivity contribution is 14.0. The summed E-state index contributed by atoms with van der Waals surface area (Å²) in [7, 11) is 1.65. The summed E-state index contributed by atoms with van der Waals surface area (Å²) in [6, 6.07) is 7.81. The monoisotopic (exact) mass is 407 g/mol. The van der Waals surface area contributed by atoms with Gasteiger partial charge in [0.05, 0.1) is 13.2 Å². The van der Waals surface area contributed by atoms with Crippen LogP contribution in [0.1, 0.15) is 26.3 Å². The van der Waals surface area contributed by atoms with E-state index in [0.29, 0.717) is 25.7 Å². The fourth-order valence-electron chi connectivity index (χ4n) is 1.53. The van der Waals surface area contributed by atoms with Crippen molar-refractivity contribution in [2.24, 2.45) is 10.7 Å². The van der Waals surface area contributed by atoms with E-state index in [2.05, 4.69) is 10.3 Å². The smallest absolute Gasteiger partial charge is 0.189 e. The van der Waals surface area contributed by atoms with Gasteiger partial charge >= 0.3 is 0 Å². The van der Waals surface area contributed by atoms with Crippen LogP contribution in [0.3, 0.4) is 0 Å². The maximum Gasteiger partial charge on any atom is 0.189 e. The number of hydrogen-bond donors (Lipinski definition) is 2. The summed E-state index contributed by atoms with van der Waals surface area (Å²) in [5.74, 6) is 1.29. The minimum Gasteiger partial charge on any atom is -0.491 e. The van der Waals surface area contributed by atoms with Crippen LogP contribution in [0.15, 0.2) is 29.3 Å². The molecule has 1 aromatic rings. The van der Waals surface area contributed by atoms with E-state index in [4.69, 9.17) is 15.2 Å². The molecule has 0 saturated carbocycles. The van der Waals surface area contributed by atoms with Crippen molar-refractivity contribution in [3.63, 3.8) is 0 Å². The van der Waals surface area contributed by atoms with Crippen molar-refractivity contribution in [2.75, 3.05) is 20.3 Å². The van der Waals surface area contributed by atoms with Crippen LogP contribution in [-0.4, -0.2) is 31.8 Å². The Morgan fingerprint density at radius 2 is 1.81 bits per heavy atom. The molecule has 0 aromatic heterocycles. The summed E-state index contributed by atoms with van der Waals surface area (Å²) >= 11 is 0. The number of nitrogens with one attached hydrogen (secondary N) is 1. The lowest BCUT2D eigenvalue weighted by Gasteiger charge is -2.20. The molecular weight excluding hydrogens is 381 g/mol. The molecule has 1 rings (SSSR count). The van der Waals surface area contributed by atoms with Crippen molar-refractivity contribution in [3.05, 3.63) is 29.8 Å². The molecule has 0 radical (unpaired) electrons. The van der Waals surface area contributed by atoms with Gasteiger partial charge in [-0.3, -0.25) is 0 Å². The summed E-state index contributed by atoms with van der Waals surface area (Å²) in [5, 5.41) is 3.12. The van der Waals surface area contributed by atoms with Gasteiger partial charge in [0.25, 0.3) is 0 Å². The van der Waals surface area contributed by atoms with Crippen LogP contribution >= 0.6 is 24.0 Å². The number of ether oxygens (including phenoxy) is 2. The molecule has 1 aromatic carbocycles. The van der Waals surface area contributed by atoms with Crippen LogP contribution in [0.4, 0.5) is 0 Å². The lowest BCUT2D eigenvalue weighted by molar-refractivity contribution is 0.146. The largest absolute Gasteiger partial charge is 0.491 e. The van der Waals surface area contributed by atoms with E-state index in [1.54, 1.807) is 7.11 Å². The molecule has 0 atom stereocenters. The van der Waals surface area contributed by atoms with Gasteiger partial charge in [0.2, 0.25) is 0 Å². The molecule has 0 aliphatic carbocycles. The van der Waals surface area contributed by atoms with Gasteiger partial charge < -0.3 is 20.5 Å². The third-order valence-electron chi connectivity index (χ3n) is 2.41. The fourth-order valence-corrected chi connectivity index (χ4v) is 1.53. The molecule has 0 heterocycles. The first-order chi connectivity index (χ1) is 9.40. The third kappa shape index (κ3) is 9.52. The Labute approximate surface area is 144 Å². The Balaban J connectivity index is 0.00000400. The summed E-state index contributed by atoms with van der Waals surface area (Å²) in [5.41, 5.74) is 6.83. The average molecular weight is 407 g/mol.